The molecule has 3 aromatic rings. The number of aromatic amines is 1. The smallest absolute Gasteiger partial charge is 0.357 e. The monoisotopic (exact) mass is 530 g/mol. The van der Waals surface area contributed by atoms with Crippen LogP contribution in [0.25, 0.3) is 11.4 Å². The number of rotatable bonds is 6. The summed E-state index contributed by atoms with van der Waals surface area (Å²) < 4.78 is 38.0. The van der Waals surface area contributed by atoms with E-state index in [9.17, 15) is 13.2 Å². The van der Waals surface area contributed by atoms with Gasteiger partial charge in [-0.1, -0.05) is 30.3 Å². The van der Waals surface area contributed by atoms with Gasteiger partial charge in [0.25, 0.3) is 0 Å². The van der Waals surface area contributed by atoms with Gasteiger partial charge in [0.2, 0.25) is 0 Å². The summed E-state index contributed by atoms with van der Waals surface area (Å²) in [7, 11) is 0. The zero-order chi connectivity index (χ0) is 20.7. The predicted molar refractivity (Wildman–Crippen MR) is 120 cm³/mol. The number of guanidine groups is 1. The normalized spacial score (nSPS) is 11.7. The van der Waals surface area contributed by atoms with E-state index >= 15 is 0 Å². The van der Waals surface area contributed by atoms with E-state index in [0.717, 1.165) is 28.8 Å². The molecule has 30 heavy (non-hydrogen) atoms. The Hall–Kier alpha value is -2.63. The summed E-state index contributed by atoms with van der Waals surface area (Å²) in [4.78, 5) is 8.69. The van der Waals surface area contributed by atoms with Gasteiger partial charge >= 0.3 is 6.18 Å². The molecule has 0 aliphatic carbocycles. The molecule has 0 fully saturated rings. The first-order valence-corrected chi connectivity index (χ1v) is 9.08. The van der Waals surface area contributed by atoms with Crippen LogP contribution in [-0.2, 0) is 19.3 Å². The van der Waals surface area contributed by atoms with Crippen molar-refractivity contribution < 1.29 is 13.2 Å². The van der Waals surface area contributed by atoms with Gasteiger partial charge in [-0.25, -0.2) is 9.98 Å². The van der Waals surface area contributed by atoms with Gasteiger partial charge in [0.15, 0.2) is 11.8 Å². The molecule has 0 bridgehead atoms. The second-order valence-electron chi connectivity index (χ2n) is 6.28. The lowest BCUT2D eigenvalue weighted by molar-refractivity contribution is -0.137. The van der Waals surface area contributed by atoms with Gasteiger partial charge in [0.1, 0.15) is 6.33 Å². The van der Waals surface area contributed by atoms with E-state index < -0.39 is 11.7 Å². The lowest BCUT2D eigenvalue weighted by Crippen LogP contribution is -2.36. The number of alkyl halides is 3. The highest BCUT2D eigenvalue weighted by Crippen LogP contribution is 2.29. The standard InChI is InChI=1S/C20H21F3N6.HI/c1-2-24-19(25-11-14-6-8-17(9-7-14)20(21,22)23)26-12-15-4-3-5-16(10-15)18-27-13-28-29-18;/h3-10,13H,2,11-12H2,1H3,(H2,24,25,26)(H,27,28,29);1H. The highest BCUT2D eigenvalue weighted by Gasteiger charge is 2.29. The number of nitrogens with one attached hydrogen (secondary N) is 3. The molecule has 6 nitrogen and oxygen atoms in total. The molecule has 1 heterocycles. The quantitative estimate of drug-likeness (QED) is 0.252. The zero-order valence-electron chi connectivity index (χ0n) is 16.2. The van der Waals surface area contributed by atoms with Crippen LogP contribution in [0.1, 0.15) is 23.6 Å². The van der Waals surface area contributed by atoms with Crippen molar-refractivity contribution in [3.8, 4) is 11.4 Å². The first kappa shape index (κ1) is 23.6. The van der Waals surface area contributed by atoms with Crippen LogP contribution in [0.3, 0.4) is 0 Å². The van der Waals surface area contributed by atoms with Gasteiger partial charge in [-0.05, 0) is 36.2 Å². The molecule has 0 aliphatic rings. The Morgan fingerprint density at radius 1 is 1.07 bits per heavy atom. The first-order chi connectivity index (χ1) is 14.0. The van der Waals surface area contributed by atoms with Gasteiger partial charge in [-0.3, -0.25) is 5.10 Å². The third kappa shape index (κ3) is 6.71. The summed E-state index contributed by atoms with van der Waals surface area (Å²) in [6, 6.07) is 12.9. The summed E-state index contributed by atoms with van der Waals surface area (Å²) in [5.41, 5.74) is 1.98. The zero-order valence-corrected chi connectivity index (χ0v) is 18.5. The number of benzene rings is 2. The Morgan fingerprint density at radius 3 is 2.47 bits per heavy atom. The van der Waals surface area contributed by atoms with E-state index in [1.54, 1.807) is 0 Å². The number of nitrogens with zero attached hydrogens (tertiary/aromatic N) is 3. The van der Waals surface area contributed by atoms with Crippen molar-refractivity contribution >= 4 is 29.9 Å². The van der Waals surface area contributed by atoms with Crippen LogP contribution >= 0.6 is 24.0 Å². The second kappa shape index (κ2) is 11.0. The van der Waals surface area contributed by atoms with Gasteiger partial charge in [-0.2, -0.15) is 18.3 Å². The topological polar surface area (TPSA) is 78.0 Å². The van der Waals surface area contributed by atoms with Gasteiger partial charge in [-0.15, -0.1) is 24.0 Å². The second-order valence-corrected chi connectivity index (χ2v) is 6.28. The molecule has 3 rings (SSSR count). The van der Waals surface area contributed by atoms with Crippen LogP contribution in [-0.4, -0.2) is 27.7 Å². The van der Waals surface area contributed by atoms with Gasteiger partial charge in [0.05, 0.1) is 12.1 Å². The average molecular weight is 530 g/mol. The number of aromatic nitrogens is 3. The molecule has 0 saturated carbocycles. The Kier molecular flexibility index (Phi) is 8.63. The number of H-pyrrole nitrogens is 1. The van der Waals surface area contributed by atoms with Crippen molar-refractivity contribution in [1.29, 1.82) is 0 Å². The minimum atomic E-state index is -4.33. The molecule has 0 radical (unpaired) electrons. The van der Waals surface area contributed by atoms with E-state index in [-0.39, 0.29) is 24.0 Å². The lowest BCUT2D eigenvalue weighted by Gasteiger charge is -2.12. The third-order valence-electron chi connectivity index (χ3n) is 4.12. The summed E-state index contributed by atoms with van der Waals surface area (Å²) in [5.74, 6) is 1.26. The molecule has 10 heteroatoms. The van der Waals surface area contributed by atoms with Crippen molar-refractivity contribution in [2.75, 3.05) is 6.54 Å². The molecule has 0 spiro atoms. The Morgan fingerprint density at radius 2 is 1.83 bits per heavy atom. The maximum Gasteiger partial charge on any atom is 0.416 e. The molecule has 0 aliphatic heterocycles. The van der Waals surface area contributed by atoms with Gasteiger partial charge < -0.3 is 10.6 Å². The van der Waals surface area contributed by atoms with Crippen molar-refractivity contribution in [3.63, 3.8) is 0 Å². The van der Waals surface area contributed by atoms with Crippen LogP contribution in [0.15, 0.2) is 59.9 Å². The van der Waals surface area contributed by atoms with Crippen LogP contribution < -0.4 is 10.6 Å². The van der Waals surface area contributed by atoms with Crippen molar-refractivity contribution in [2.45, 2.75) is 26.2 Å². The lowest BCUT2D eigenvalue weighted by atomic mass is 10.1. The van der Waals surface area contributed by atoms with E-state index in [2.05, 4.69) is 30.8 Å². The third-order valence-corrected chi connectivity index (χ3v) is 4.12. The molecular formula is C20H22F3IN6. The van der Waals surface area contributed by atoms with E-state index in [1.807, 2.05) is 31.2 Å². The molecule has 3 N–H and O–H groups in total. The fourth-order valence-electron chi connectivity index (χ4n) is 2.67. The maximum absolute atomic E-state index is 12.7. The molecule has 0 saturated heterocycles. The van der Waals surface area contributed by atoms with Gasteiger partial charge in [0, 0.05) is 18.7 Å². The van der Waals surface area contributed by atoms with Crippen LogP contribution in [0.2, 0.25) is 0 Å². The molecule has 0 unspecified atom stereocenters. The number of halogens is 4. The van der Waals surface area contributed by atoms with Crippen LogP contribution in [0.4, 0.5) is 13.2 Å². The number of hydrogen-bond acceptors (Lipinski definition) is 3. The molecule has 0 amide bonds. The summed E-state index contributed by atoms with van der Waals surface area (Å²) in [5, 5.41) is 12.9. The minimum absolute atomic E-state index is 0. The van der Waals surface area contributed by atoms with Crippen molar-refractivity contribution in [3.05, 3.63) is 71.5 Å². The van der Waals surface area contributed by atoms with E-state index in [4.69, 9.17) is 0 Å². The number of hydrogen-bond donors (Lipinski definition) is 3. The average Bonchev–Trinajstić information content (AvgIpc) is 3.25. The van der Waals surface area contributed by atoms with E-state index in [0.29, 0.717) is 31.4 Å². The van der Waals surface area contributed by atoms with Crippen molar-refractivity contribution in [1.82, 2.24) is 25.8 Å². The highest BCUT2D eigenvalue weighted by molar-refractivity contribution is 14.0. The first-order valence-electron chi connectivity index (χ1n) is 9.08. The Balaban J connectivity index is 0.00000320. The van der Waals surface area contributed by atoms with Crippen LogP contribution in [0.5, 0.6) is 0 Å². The van der Waals surface area contributed by atoms with E-state index in [1.165, 1.54) is 18.5 Å². The maximum atomic E-state index is 12.7. The predicted octanol–water partition coefficient (Wildman–Crippen LogP) is 4.36. The molecular weight excluding hydrogens is 508 g/mol. The SMILES string of the molecule is CCNC(=NCc1cccc(-c2ncn[nH]2)c1)NCc1ccc(C(F)(F)F)cc1.I. The highest BCUT2D eigenvalue weighted by atomic mass is 127. The number of aliphatic imine (C=N–C) groups is 1. The molecule has 0 atom stereocenters. The summed E-state index contributed by atoms with van der Waals surface area (Å²) in [6.45, 7) is 3.41. The Bertz CT molecular complexity index is 940. The molecule has 1 aromatic heterocycles. The summed E-state index contributed by atoms with van der Waals surface area (Å²) >= 11 is 0. The van der Waals surface area contributed by atoms with Crippen molar-refractivity contribution in [2.24, 2.45) is 4.99 Å². The molecule has 2 aromatic carbocycles. The summed E-state index contributed by atoms with van der Waals surface area (Å²) in [6.07, 6.45) is -2.88. The van der Waals surface area contributed by atoms with Crippen LogP contribution in [0, 0.1) is 0 Å². The minimum Gasteiger partial charge on any atom is -0.357 e. The Labute approximate surface area is 189 Å². The molecule has 160 valence electrons. The fraction of sp³-hybridized carbons (Fsp3) is 0.250. The fourth-order valence-corrected chi connectivity index (χ4v) is 2.67. The largest absolute Gasteiger partial charge is 0.416 e.